The summed E-state index contributed by atoms with van der Waals surface area (Å²) >= 11 is 0. The van der Waals surface area contributed by atoms with Crippen LogP contribution in [0.25, 0.3) is 0 Å². The molecule has 0 aromatic heterocycles. The number of rotatable bonds is 4. The van der Waals surface area contributed by atoms with Crippen molar-refractivity contribution in [2.45, 2.75) is 19.8 Å². The normalized spacial score (nSPS) is 10.8. The van der Waals surface area contributed by atoms with Crippen molar-refractivity contribution in [2.75, 3.05) is 5.32 Å². The van der Waals surface area contributed by atoms with E-state index in [0.717, 1.165) is 6.07 Å². The van der Waals surface area contributed by atoms with Gasteiger partial charge < -0.3 is 10.4 Å². The molecular formula is C16H14F3NO2. The van der Waals surface area contributed by atoms with Crippen LogP contribution < -0.4 is 5.32 Å². The second-order valence-corrected chi connectivity index (χ2v) is 5.13. The topological polar surface area (TPSA) is 49.3 Å². The average Bonchev–Trinajstić information content (AvgIpc) is 2.43. The Kier molecular flexibility index (Phi) is 4.40. The molecule has 2 aromatic rings. The van der Waals surface area contributed by atoms with E-state index < -0.39 is 29.0 Å². The van der Waals surface area contributed by atoms with Gasteiger partial charge in [-0.2, -0.15) is 0 Å². The molecule has 22 heavy (non-hydrogen) atoms. The molecule has 0 aliphatic heterocycles. The zero-order chi connectivity index (χ0) is 16.4. The summed E-state index contributed by atoms with van der Waals surface area (Å²) in [5.41, 5.74) is 0.531. The number of hydrogen-bond donors (Lipinski definition) is 2. The van der Waals surface area contributed by atoms with Gasteiger partial charge in [0.2, 0.25) is 0 Å². The number of nitrogens with one attached hydrogen (secondary N) is 1. The van der Waals surface area contributed by atoms with E-state index >= 15 is 0 Å². The summed E-state index contributed by atoms with van der Waals surface area (Å²) in [7, 11) is 0. The van der Waals surface area contributed by atoms with Crippen molar-refractivity contribution < 1.29 is 23.1 Å². The average molecular weight is 309 g/mol. The van der Waals surface area contributed by atoms with Crippen LogP contribution in [0.2, 0.25) is 0 Å². The number of carbonyl (C=O) groups is 1. The Balaban J connectivity index is 2.52. The second kappa shape index (κ2) is 6.09. The molecule has 0 aliphatic carbocycles. The molecule has 2 N–H and O–H groups in total. The quantitative estimate of drug-likeness (QED) is 0.863. The molecule has 0 saturated heterocycles. The molecule has 116 valence electrons. The summed E-state index contributed by atoms with van der Waals surface area (Å²) in [5.74, 6) is -4.28. The highest BCUT2D eigenvalue weighted by atomic mass is 19.2. The molecule has 0 spiro atoms. The maximum Gasteiger partial charge on any atom is 0.337 e. The Bertz CT molecular complexity index is 730. The lowest BCUT2D eigenvalue weighted by Gasteiger charge is -2.16. The number of carboxylic acids is 1. The number of benzene rings is 2. The lowest BCUT2D eigenvalue weighted by atomic mass is 10.0. The molecule has 0 fully saturated rings. The van der Waals surface area contributed by atoms with E-state index in [4.69, 9.17) is 5.11 Å². The van der Waals surface area contributed by atoms with Crippen LogP contribution in [-0.4, -0.2) is 11.1 Å². The fourth-order valence-electron chi connectivity index (χ4n) is 2.10. The van der Waals surface area contributed by atoms with Crippen molar-refractivity contribution >= 4 is 17.3 Å². The predicted molar refractivity (Wildman–Crippen MR) is 77.1 cm³/mol. The van der Waals surface area contributed by atoms with Crippen molar-refractivity contribution in [3.63, 3.8) is 0 Å². The number of aromatic carboxylic acids is 1. The standard InChI is InChI=1S/C16H14F3NO2/c1-8(2)10-5-9(17)3-4-14(10)20-15-7-13(19)12(18)6-11(15)16(21)22/h3-8,20H,1-2H3,(H,21,22). The van der Waals surface area contributed by atoms with E-state index in [1.807, 2.05) is 13.8 Å². The smallest absolute Gasteiger partial charge is 0.337 e. The highest BCUT2D eigenvalue weighted by Gasteiger charge is 2.17. The Morgan fingerprint density at radius 1 is 1.05 bits per heavy atom. The first kappa shape index (κ1) is 15.9. The van der Waals surface area contributed by atoms with E-state index in [2.05, 4.69) is 5.32 Å². The Labute approximate surface area is 125 Å². The van der Waals surface area contributed by atoms with Crippen LogP contribution in [0.5, 0.6) is 0 Å². The zero-order valence-corrected chi connectivity index (χ0v) is 12.0. The Hall–Kier alpha value is -2.50. The molecule has 0 atom stereocenters. The largest absolute Gasteiger partial charge is 0.478 e. The molecule has 2 aromatic carbocycles. The number of anilines is 2. The van der Waals surface area contributed by atoms with Gasteiger partial charge in [-0.05, 0) is 35.7 Å². The van der Waals surface area contributed by atoms with Gasteiger partial charge in [0.1, 0.15) is 5.82 Å². The molecule has 0 saturated carbocycles. The minimum Gasteiger partial charge on any atom is -0.478 e. The van der Waals surface area contributed by atoms with Crippen molar-refractivity contribution in [3.8, 4) is 0 Å². The first-order valence-corrected chi connectivity index (χ1v) is 6.58. The molecule has 0 amide bonds. The van der Waals surface area contributed by atoms with Crippen LogP contribution in [0, 0.1) is 17.5 Å². The molecule has 3 nitrogen and oxygen atoms in total. The van der Waals surface area contributed by atoms with E-state index in [1.54, 1.807) is 0 Å². The van der Waals surface area contributed by atoms with Gasteiger partial charge in [0.05, 0.1) is 11.3 Å². The zero-order valence-electron chi connectivity index (χ0n) is 12.0. The third-order valence-corrected chi connectivity index (χ3v) is 3.20. The van der Waals surface area contributed by atoms with E-state index in [0.29, 0.717) is 17.3 Å². The highest BCUT2D eigenvalue weighted by Crippen LogP contribution is 2.30. The van der Waals surface area contributed by atoms with Gasteiger partial charge in [-0.15, -0.1) is 0 Å². The van der Waals surface area contributed by atoms with Crippen molar-refractivity contribution in [2.24, 2.45) is 0 Å². The maximum atomic E-state index is 13.4. The van der Waals surface area contributed by atoms with Crippen LogP contribution in [-0.2, 0) is 0 Å². The van der Waals surface area contributed by atoms with Gasteiger partial charge in [0, 0.05) is 11.8 Å². The summed E-state index contributed by atoms with van der Waals surface area (Å²) in [6.45, 7) is 3.67. The summed E-state index contributed by atoms with van der Waals surface area (Å²) in [5, 5.41) is 11.8. The van der Waals surface area contributed by atoms with Gasteiger partial charge in [0.25, 0.3) is 0 Å². The summed E-state index contributed by atoms with van der Waals surface area (Å²) in [4.78, 5) is 11.2. The number of hydrogen-bond acceptors (Lipinski definition) is 2. The first-order chi connectivity index (χ1) is 10.3. The van der Waals surface area contributed by atoms with Crippen LogP contribution in [0.3, 0.4) is 0 Å². The first-order valence-electron chi connectivity index (χ1n) is 6.58. The lowest BCUT2D eigenvalue weighted by Crippen LogP contribution is -2.07. The Morgan fingerprint density at radius 2 is 1.68 bits per heavy atom. The van der Waals surface area contributed by atoms with Gasteiger partial charge >= 0.3 is 5.97 Å². The van der Waals surface area contributed by atoms with Crippen LogP contribution in [0.4, 0.5) is 24.5 Å². The van der Waals surface area contributed by atoms with Crippen LogP contribution in [0.1, 0.15) is 35.7 Å². The van der Waals surface area contributed by atoms with Gasteiger partial charge in [-0.1, -0.05) is 13.8 Å². The van der Waals surface area contributed by atoms with Crippen LogP contribution >= 0.6 is 0 Å². The molecule has 0 aliphatic rings. The minimum atomic E-state index is -1.39. The summed E-state index contributed by atoms with van der Waals surface area (Å²) in [6.07, 6.45) is 0. The summed E-state index contributed by atoms with van der Waals surface area (Å²) in [6, 6.07) is 5.32. The molecule has 0 unspecified atom stereocenters. The maximum absolute atomic E-state index is 13.4. The molecule has 0 bridgehead atoms. The predicted octanol–water partition coefficient (Wildman–Crippen LogP) is 4.67. The van der Waals surface area contributed by atoms with Crippen molar-refractivity contribution in [1.82, 2.24) is 0 Å². The molecule has 2 rings (SSSR count). The SMILES string of the molecule is CC(C)c1cc(F)ccc1Nc1cc(F)c(F)cc1C(=O)O. The highest BCUT2D eigenvalue weighted by molar-refractivity contribution is 5.95. The third-order valence-electron chi connectivity index (χ3n) is 3.20. The molecular weight excluding hydrogens is 295 g/mol. The molecule has 0 heterocycles. The van der Waals surface area contributed by atoms with E-state index in [1.165, 1.54) is 18.2 Å². The van der Waals surface area contributed by atoms with Gasteiger partial charge in [0.15, 0.2) is 11.6 Å². The molecule has 6 heteroatoms. The third kappa shape index (κ3) is 3.21. The van der Waals surface area contributed by atoms with Gasteiger partial charge in [-0.3, -0.25) is 0 Å². The Morgan fingerprint density at radius 3 is 2.27 bits per heavy atom. The second-order valence-electron chi connectivity index (χ2n) is 5.13. The van der Waals surface area contributed by atoms with Crippen LogP contribution in [0.15, 0.2) is 30.3 Å². The minimum absolute atomic E-state index is 0.0447. The van der Waals surface area contributed by atoms with Crippen molar-refractivity contribution in [1.29, 1.82) is 0 Å². The monoisotopic (exact) mass is 309 g/mol. The van der Waals surface area contributed by atoms with E-state index in [-0.39, 0.29) is 11.6 Å². The lowest BCUT2D eigenvalue weighted by molar-refractivity contribution is 0.0697. The fraction of sp³-hybridized carbons (Fsp3) is 0.188. The number of carboxylic acid groups (broad SMARTS) is 1. The summed E-state index contributed by atoms with van der Waals surface area (Å²) < 4.78 is 39.9. The fourth-order valence-corrected chi connectivity index (χ4v) is 2.10. The van der Waals surface area contributed by atoms with Crippen molar-refractivity contribution in [3.05, 3.63) is 58.9 Å². The van der Waals surface area contributed by atoms with Gasteiger partial charge in [-0.25, -0.2) is 18.0 Å². The van der Waals surface area contributed by atoms with E-state index in [9.17, 15) is 18.0 Å². The number of halogens is 3. The molecule has 0 radical (unpaired) electrons.